The Balaban J connectivity index is 1.96. The first-order valence-corrected chi connectivity index (χ1v) is 6.90. The second kappa shape index (κ2) is 4.53. The molecule has 102 valence electrons. The molecule has 1 saturated heterocycles. The Kier molecular flexibility index (Phi) is 2.97. The molecule has 2 heterocycles. The second-order valence-electron chi connectivity index (χ2n) is 5.79. The fourth-order valence-corrected chi connectivity index (χ4v) is 3.32. The average Bonchev–Trinajstić information content (AvgIpc) is 2.32. The summed E-state index contributed by atoms with van der Waals surface area (Å²) < 4.78 is 0. The van der Waals surface area contributed by atoms with Crippen molar-refractivity contribution in [2.75, 3.05) is 24.5 Å². The van der Waals surface area contributed by atoms with E-state index in [1.807, 2.05) is 0 Å². The number of hydrogen-bond donors (Lipinski definition) is 2. The van der Waals surface area contributed by atoms with Gasteiger partial charge in [0, 0.05) is 25.3 Å². The van der Waals surface area contributed by atoms with E-state index in [2.05, 4.69) is 35.3 Å². The summed E-state index contributed by atoms with van der Waals surface area (Å²) in [5.41, 5.74) is 3.65. The predicted molar refractivity (Wildman–Crippen MR) is 74.7 cm³/mol. The highest BCUT2D eigenvalue weighted by Gasteiger charge is 2.45. The lowest BCUT2D eigenvalue weighted by molar-refractivity contribution is -0.139. The highest BCUT2D eigenvalue weighted by Crippen LogP contribution is 2.36. The molecule has 0 unspecified atom stereocenters. The zero-order chi connectivity index (χ0) is 13.5. The summed E-state index contributed by atoms with van der Waals surface area (Å²) in [4.78, 5) is 13.5. The number of hydrogen-bond acceptors (Lipinski definition) is 3. The van der Waals surface area contributed by atoms with Crippen molar-refractivity contribution >= 4 is 11.7 Å². The Hall–Kier alpha value is -1.55. The van der Waals surface area contributed by atoms with E-state index < -0.39 is 5.97 Å². The third-order valence-corrected chi connectivity index (χ3v) is 4.31. The lowest BCUT2D eigenvalue weighted by Gasteiger charge is -2.53. The Morgan fingerprint density at radius 3 is 2.89 bits per heavy atom. The number of nitrogens with one attached hydrogen (secondary N) is 1. The van der Waals surface area contributed by atoms with Gasteiger partial charge in [0.25, 0.3) is 0 Å². The molecule has 0 aliphatic carbocycles. The Morgan fingerprint density at radius 2 is 2.26 bits per heavy atom. The summed E-state index contributed by atoms with van der Waals surface area (Å²) in [6.45, 7) is 4.61. The molecule has 19 heavy (non-hydrogen) atoms. The Morgan fingerprint density at radius 1 is 1.47 bits per heavy atom. The predicted octanol–water partition coefficient (Wildman–Crippen LogP) is 1.56. The van der Waals surface area contributed by atoms with Crippen LogP contribution in [-0.2, 0) is 11.2 Å². The molecule has 4 nitrogen and oxygen atoms in total. The molecule has 1 aromatic carbocycles. The van der Waals surface area contributed by atoms with Gasteiger partial charge in [-0.05, 0) is 31.4 Å². The summed E-state index contributed by atoms with van der Waals surface area (Å²) >= 11 is 0. The lowest BCUT2D eigenvalue weighted by atomic mass is 9.83. The van der Waals surface area contributed by atoms with Crippen LogP contribution < -0.4 is 10.2 Å². The number of carboxylic acids is 1. The maximum atomic E-state index is 11.2. The summed E-state index contributed by atoms with van der Waals surface area (Å²) in [5, 5.41) is 12.4. The van der Waals surface area contributed by atoms with Gasteiger partial charge in [0.15, 0.2) is 0 Å². The smallest absolute Gasteiger partial charge is 0.305 e. The van der Waals surface area contributed by atoms with E-state index in [-0.39, 0.29) is 12.0 Å². The van der Waals surface area contributed by atoms with Gasteiger partial charge in [-0.15, -0.1) is 0 Å². The number of anilines is 1. The van der Waals surface area contributed by atoms with Crippen molar-refractivity contribution in [3.63, 3.8) is 0 Å². The van der Waals surface area contributed by atoms with E-state index in [0.717, 1.165) is 32.5 Å². The van der Waals surface area contributed by atoms with E-state index in [0.29, 0.717) is 0 Å². The molecule has 0 atom stereocenters. The van der Waals surface area contributed by atoms with Crippen LogP contribution >= 0.6 is 0 Å². The van der Waals surface area contributed by atoms with Gasteiger partial charge in [-0.3, -0.25) is 4.79 Å². The van der Waals surface area contributed by atoms with Gasteiger partial charge < -0.3 is 15.3 Å². The molecule has 4 heteroatoms. The van der Waals surface area contributed by atoms with Crippen LogP contribution in [0.15, 0.2) is 18.2 Å². The first-order chi connectivity index (χ1) is 9.11. The molecule has 0 saturated carbocycles. The van der Waals surface area contributed by atoms with Crippen LogP contribution in [0.5, 0.6) is 0 Å². The van der Waals surface area contributed by atoms with E-state index in [9.17, 15) is 9.90 Å². The quantitative estimate of drug-likeness (QED) is 0.866. The van der Waals surface area contributed by atoms with Crippen LogP contribution in [0.3, 0.4) is 0 Å². The monoisotopic (exact) mass is 260 g/mol. The van der Waals surface area contributed by atoms with E-state index in [1.54, 1.807) is 0 Å². The minimum atomic E-state index is -0.708. The Bertz CT molecular complexity index is 509. The van der Waals surface area contributed by atoms with Crippen LogP contribution in [-0.4, -0.2) is 36.2 Å². The largest absolute Gasteiger partial charge is 0.481 e. The standard InChI is InChI=1S/C15H20N2O2/c1-11-4-5-13-12(7-11)3-2-6-17(13)15(8-14(18)19)9-16-10-15/h4-5,7,16H,2-3,6,8-10H2,1H3,(H,18,19). The highest BCUT2D eigenvalue weighted by molar-refractivity contribution is 5.71. The van der Waals surface area contributed by atoms with Crippen molar-refractivity contribution in [1.82, 2.24) is 5.32 Å². The van der Waals surface area contributed by atoms with E-state index >= 15 is 0 Å². The van der Waals surface area contributed by atoms with Crippen molar-refractivity contribution in [2.45, 2.75) is 31.7 Å². The number of fused-ring (bicyclic) bond motifs is 1. The van der Waals surface area contributed by atoms with Crippen molar-refractivity contribution < 1.29 is 9.90 Å². The second-order valence-corrected chi connectivity index (χ2v) is 5.79. The van der Waals surface area contributed by atoms with Gasteiger partial charge in [-0.2, -0.15) is 0 Å². The molecule has 2 aliphatic rings. The van der Waals surface area contributed by atoms with E-state index in [1.165, 1.54) is 16.8 Å². The summed E-state index contributed by atoms with van der Waals surface area (Å²) in [5.74, 6) is -0.708. The number of carboxylic acid groups (broad SMARTS) is 1. The van der Waals surface area contributed by atoms with Gasteiger partial charge >= 0.3 is 5.97 Å². The number of benzene rings is 1. The fourth-order valence-electron chi connectivity index (χ4n) is 3.32. The normalized spacial score (nSPS) is 20.6. The number of rotatable bonds is 3. The third kappa shape index (κ3) is 2.10. The average molecular weight is 260 g/mol. The number of carbonyl (C=O) groups is 1. The van der Waals surface area contributed by atoms with Gasteiger partial charge in [0.05, 0.1) is 12.0 Å². The maximum Gasteiger partial charge on any atom is 0.305 e. The lowest BCUT2D eigenvalue weighted by Crippen LogP contribution is -2.70. The number of nitrogens with zero attached hydrogens (tertiary/aromatic N) is 1. The zero-order valence-corrected chi connectivity index (χ0v) is 11.3. The topological polar surface area (TPSA) is 52.6 Å². The SMILES string of the molecule is Cc1ccc2c(c1)CCCN2C1(CC(=O)O)CNC1. The molecular weight excluding hydrogens is 240 g/mol. The summed E-state index contributed by atoms with van der Waals surface area (Å²) in [6, 6.07) is 6.52. The molecule has 2 aliphatic heterocycles. The summed E-state index contributed by atoms with van der Waals surface area (Å²) in [7, 11) is 0. The maximum absolute atomic E-state index is 11.2. The van der Waals surface area contributed by atoms with Gasteiger partial charge in [0.2, 0.25) is 0 Å². The number of aryl methyl sites for hydroxylation is 2. The fraction of sp³-hybridized carbons (Fsp3) is 0.533. The molecule has 0 bridgehead atoms. The van der Waals surface area contributed by atoms with Crippen LogP contribution in [0.1, 0.15) is 24.0 Å². The van der Waals surface area contributed by atoms with Crippen molar-refractivity contribution in [1.29, 1.82) is 0 Å². The van der Waals surface area contributed by atoms with Crippen LogP contribution in [0, 0.1) is 6.92 Å². The first-order valence-electron chi connectivity index (χ1n) is 6.90. The zero-order valence-electron chi connectivity index (χ0n) is 11.3. The minimum Gasteiger partial charge on any atom is -0.481 e. The molecular formula is C15H20N2O2. The molecule has 3 rings (SSSR count). The van der Waals surface area contributed by atoms with E-state index in [4.69, 9.17) is 0 Å². The molecule has 1 fully saturated rings. The summed E-state index contributed by atoms with van der Waals surface area (Å²) in [6.07, 6.45) is 2.43. The van der Waals surface area contributed by atoms with Gasteiger partial charge in [-0.25, -0.2) is 0 Å². The van der Waals surface area contributed by atoms with Crippen LogP contribution in [0.25, 0.3) is 0 Å². The van der Waals surface area contributed by atoms with Crippen molar-refractivity contribution in [3.8, 4) is 0 Å². The van der Waals surface area contributed by atoms with Crippen molar-refractivity contribution in [3.05, 3.63) is 29.3 Å². The molecule has 0 radical (unpaired) electrons. The molecule has 0 spiro atoms. The van der Waals surface area contributed by atoms with Gasteiger partial charge in [-0.1, -0.05) is 17.7 Å². The molecule has 2 N–H and O–H groups in total. The molecule has 0 amide bonds. The molecule has 0 aromatic heterocycles. The third-order valence-electron chi connectivity index (χ3n) is 4.31. The molecule has 1 aromatic rings. The van der Waals surface area contributed by atoms with Gasteiger partial charge in [0.1, 0.15) is 0 Å². The van der Waals surface area contributed by atoms with Crippen molar-refractivity contribution in [2.24, 2.45) is 0 Å². The minimum absolute atomic E-state index is 0.216. The van der Waals surface area contributed by atoms with Crippen LogP contribution in [0.4, 0.5) is 5.69 Å². The van der Waals surface area contributed by atoms with Crippen LogP contribution in [0.2, 0.25) is 0 Å². The number of aliphatic carboxylic acids is 1. The Labute approximate surface area is 113 Å². The highest BCUT2D eigenvalue weighted by atomic mass is 16.4. The first kappa shape index (κ1) is 12.5.